The Morgan fingerprint density at radius 2 is 2.36 bits per heavy atom. The molecule has 3 heteroatoms. The summed E-state index contributed by atoms with van der Waals surface area (Å²) in [5.41, 5.74) is 2.26. The Bertz CT molecular complexity index is 350. The van der Waals surface area contributed by atoms with Crippen molar-refractivity contribution in [1.82, 2.24) is 10.2 Å². The second-order valence-electron chi connectivity index (χ2n) is 3.12. The molecule has 0 atom stereocenters. The number of hydrogen-bond donors (Lipinski definition) is 1. The van der Waals surface area contributed by atoms with Crippen molar-refractivity contribution >= 4 is 6.41 Å². The molecular weight excluding hydrogens is 176 g/mol. The molecule has 0 aromatic heterocycles. The summed E-state index contributed by atoms with van der Waals surface area (Å²) in [6.45, 7) is 1.43. The van der Waals surface area contributed by atoms with Crippen molar-refractivity contribution in [3.05, 3.63) is 47.9 Å². The van der Waals surface area contributed by atoms with E-state index in [2.05, 4.69) is 16.3 Å². The van der Waals surface area contributed by atoms with E-state index in [1.807, 2.05) is 30.5 Å². The minimum absolute atomic E-state index is 0.532. The molecule has 1 radical (unpaired) electrons. The number of hydrogen-bond acceptors (Lipinski definition) is 2. The molecule has 0 bridgehead atoms. The third kappa shape index (κ3) is 1.62. The Hall–Kier alpha value is -1.77. The van der Waals surface area contributed by atoms with Crippen molar-refractivity contribution in [2.75, 3.05) is 13.1 Å². The molecule has 2 aliphatic rings. The smallest absolute Gasteiger partial charge is 0.309 e. The van der Waals surface area contributed by atoms with E-state index in [-0.39, 0.29) is 0 Å². The number of rotatable bonds is 3. The van der Waals surface area contributed by atoms with Gasteiger partial charge in [-0.3, -0.25) is 4.79 Å². The van der Waals surface area contributed by atoms with E-state index in [1.165, 1.54) is 0 Å². The quantitative estimate of drug-likeness (QED) is 0.664. The molecule has 0 aromatic carbocycles. The molecule has 0 saturated carbocycles. The Kier molecular flexibility index (Phi) is 2.49. The second kappa shape index (κ2) is 3.96. The first-order valence-corrected chi connectivity index (χ1v) is 4.53. The number of amides is 1. The standard InChI is InChI=1S/C11H11N2O/c14-9-12-8-10-4-3-7-13-6-2-1-5-11(10)13/h1-5,7H,6,8H2,(H,12,14). The fraction of sp³-hybridized carbons (Fsp3) is 0.182. The molecule has 2 aliphatic heterocycles. The molecule has 0 saturated heterocycles. The van der Waals surface area contributed by atoms with Crippen LogP contribution in [0, 0.1) is 0 Å². The van der Waals surface area contributed by atoms with E-state index >= 15 is 0 Å². The van der Waals surface area contributed by atoms with Crippen LogP contribution in [-0.2, 0) is 4.79 Å². The Balaban J connectivity index is 2.18. The third-order valence-electron chi connectivity index (χ3n) is 2.25. The van der Waals surface area contributed by atoms with Crippen molar-refractivity contribution in [3.63, 3.8) is 0 Å². The summed E-state index contributed by atoms with van der Waals surface area (Å²) < 4.78 is 0. The van der Waals surface area contributed by atoms with Crippen molar-refractivity contribution < 1.29 is 4.79 Å². The molecule has 0 aromatic rings. The largest absolute Gasteiger partial charge is 0.344 e. The summed E-state index contributed by atoms with van der Waals surface area (Å²) in [7, 11) is 0. The summed E-state index contributed by atoms with van der Waals surface area (Å²) >= 11 is 0. The number of nitrogens with zero attached hydrogens (tertiary/aromatic N) is 1. The Labute approximate surface area is 83.1 Å². The van der Waals surface area contributed by atoms with Crippen LogP contribution < -0.4 is 5.32 Å². The molecule has 1 N–H and O–H groups in total. The van der Waals surface area contributed by atoms with Crippen molar-refractivity contribution in [2.45, 2.75) is 0 Å². The lowest BCUT2D eigenvalue weighted by Gasteiger charge is -2.28. The molecule has 1 amide bonds. The molecular formula is C11H11N2O. The van der Waals surface area contributed by atoms with Crippen molar-refractivity contribution in [2.24, 2.45) is 0 Å². The monoisotopic (exact) mass is 187 g/mol. The molecule has 0 aliphatic carbocycles. The fourth-order valence-corrected chi connectivity index (χ4v) is 1.59. The fourth-order valence-electron chi connectivity index (χ4n) is 1.59. The number of carbonyl (C=O) groups excluding carboxylic acids is 1. The zero-order valence-electron chi connectivity index (χ0n) is 7.73. The molecule has 3 nitrogen and oxygen atoms in total. The lowest BCUT2D eigenvalue weighted by atomic mass is 10.1. The van der Waals surface area contributed by atoms with Gasteiger partial charge in [0.25, 0.3) is 0 Å². The number of fused-ring (bicyclic) bond motifs is 1. The van der Waals surface area contributed by atoms with Crippen LogP contribution in [-0.4, -0.2) is 24.4 Å². The zero-order chi connectivity index (χ0) is 9.80. The number of allylic oxidation sites excluding steroid dienone is 4. The number of nitrogens with one attached hydrogen (secondary N) is 1. The maximum Gasteiger partial charge on any atom is 0.309 e. The van der Waals surface area contributed by atoms with E-state index in [9.17, 15) is 4.79 Å². The SMILES string of the molecule is O=[C]NCC1=CC=CN2CC=CC=C12. The lowest BCUT2D eigenvalue weighted by molar-refractivity contribution is 0.508. The summed E-state index contributed by atoms with van der Waals surface area (Å²) in [5.74, 6) is 0. The van der Waals surface area contributed by atoms with Gasteiger partial charge in [-0.2, -0.15) is 0 Å². The maximum atomic E-state index is 10.1. The van der Waals surface area contributed by atoms with Crippen LogP contribution >= 0.6 is 0 Å². The van der Waals surface area contributed by atoms with Gasteiger partial charge in [-0.25, -0.2) is 0 Å². The van der Waals surface area contributed by atoms with Crippen molar-refractivity contribution in [1.29, 1.82) is 0 Å². The van der Waals surface area contributed by atoms with Gasteiger partial charge in [0.2, 0.25) is 0 Å². The zero-order valence-corrected chi connectivity index (χ0v) is 7.73. The van der Waals surface area contributed by atoms with Gasteiger partial charge in [-0.1, -0.05) is 18.2 Å². The molecule has 0 unspecified atom stereocenters. The first-order valence-electron chi connectivity index (χ1n) is 4.53. The second-order valence-corrected chi connectivity index (χ2v) is 3.12. The van der Waals surface area contributed by atoms with E-state index in [0.29, 0.717) is 6.54 Å². The first kappa shape index (κ1) is 8.81. The van der Waals surface area contributed by atoms with Gasteiger partial charge in [0.15, 0.2) is 0 Å². The predicted octanol–water partition coefficient (Wildman–Crippen LogP) is 0.853. The average Bonchev–Trinajstić information content (AvgIpc) is 2.26. The van der Waals surface area contributed by atoms with Gasteiger partial charge in [-0.05, 0) is 17.7 Å². The van der Waals surface area contributed by atoms with Gasteiger partial charge >= 0.3 is 6.41 Å². The van der Waals surface area contributed by atoms with Gasteiger partial charge in [0.1, 0.15) is 0 Å². The highest BCUT2D eigenvalue weighted by Crippen LogP contribution is 2.22. The maximum absolute atomic E-state index is 10.1. The molecule has 71 valence electrons. The van der Waals surface area contributed by atoms with E-state index in [1.54, 1.807) is 6.41 Å². The van der Waals surface area contributed by atoms with Crippen LogP contribution in [0.1, 0.15) is 0 Å². The van der Waals surface area contributed by atoms with Crippen LogP contribution in [0.15, 0.2) is 47.9 Å². The minimum Gasteiger partial charge on any atom is -0.344 e. The topological polar surface area (TPSA) is 32.3 Å². The molecule has 14 heavy (non-hydrogen) atoms. The highest BCUT2D eigenvalue weighted by Gasteiger charge is 2.14. The Morgan fingerprint density at radius 3 is 3.21 bits per heavy atom. The van der Waals surface area contributed by atoms with E-state index < -0.39 is 0 Å². The summed E-state index contributed by atoms with van der Waals surface area (Å²) in [4.78, 5) is 12.2. The molecule has 0 spiro atoms. The van der Waals surface area contributed by atoms with Gasteiger partial charge in [-0.15, -0.1) is 0 Å². The normalized spacial score (nSPS) is 18.4. The summed E-state index contributed by atoms with van der Waals surface area (Å²) in [6.07, 6.45) is 13.9. The molecule has 2 rings (SSSR count). The highest BCUT2D eigenvalue weighted by molar-refractivity contribution is 5.50. The van der Waals surface area contributed by atoms with Gasteiger partial charge in [0, 0.05) is 25.0 Å². The average molecular weight is 187 g/mol. The molecule has 0 fully saturated rings. The van der Waals surface area contributed by atoms with Crippen LogP contribution in [0.2, 0.25) is 0 Å². The van der Waals surface area contributed by atoms with Crippen LogP contribution in [0.5, 0.6) is 0 Å². The van der Waals surface area contributed by atoms with E-state index in [4.69, 9.17) is 0 Å². The summed E-state index contributed by atoms with van der Waals surface area (Å²) in [6, 6.07) is 0. The van der Waals surface area contributed by atoms with Crippen LogP contribution in [0.4, 0.5) is 0 Å². The highest BCUT2D eigenvalue weighted by atomic mass is 16.1. The minimum atomic E-state index is 0.532. The van der Waals surface area contributed by atoms with Gasteiger partial charge in [0.05, 0.1) is 0 Å². The predicted molar refractivity (Wildman–Crippen MR) is 54.8 cm³/mol. The van der Waals surface area contributed by atoms with Crippen LogP contribution in [0.3, 0.4) is 0 Å². The third-order valence-corrected chi connectivity index (χ3v) is 2.25. The lowest BCUT2D eigenvalue weighted by Crippen LogP contribution is -2.26. The summed E-state index contributed by atoms with van der Waals surface area (Å²) in [5, 5.41) is 2.55. The Morgan fingerprint density at radius 1 is 1.43 bits per heavy atom. The van der Waals surface area contributed by atoms with E-state index in [0.717, 1.165) is 17.8 Å². The first-order chi connectivity index (χ1) is 6.92. The van der Waals surface area contributed by atoms with Crippen molar-refractivity contribution in [3.8, 4) is 0 Å². The van der Waals surface area contributed by atoms with Gasteiger partial charge < -0.3 is 10.2 Å². The van der Waals surface area contributed by atoms with Crippen LogP contribution in [0.25, 0.3) is 0 Å². The molecule has 2 heterocycles.